The Bertz CT molecular complexity index is 385. The first-order chi connectivity index (χ1) is 8.79. The monoisotopic (exact) mass is 248 g/mol. The van der Waals surface area contributed by atoms with Crippen molar-refractivity contribution in [3.8, 4) is 0 Å². The predicted octanol–water partition coefficient (Wildman–Crippen LogP) is 1.30. The zero-order valence-corrected chi connectivity index (χ0v) is 10.5. The summed E-state index contributed by atoms with van der Waals surface area (Å²) in [5.74, 6) is 0.707. The fourth-order valence-corrected chi connectivity index (χ4v) is 1.67. The maximum Gasteiger partial charge on any atom is 0.251 e. The summed E-state index contributed by atoms with van der Waals surface area (Å²) in [4.78, 5) is 11.8. The zero-order chi connectivity index (χ0) is 12.8. The van der Waals surface area contributed by atoms with Crippen LogP contribution in [0.5, 0.6) is 0 Å². The molecule has 1 amide bonds. The summed E-state index contributed by atoms with van der Waals surface area (Å²) in [5, 5.41) is 2.84. The number of nitrogens with two attached hydrogens (primary N) is 1. The normalized spacial score (nSPS) is 14.5. The van der Waals surface area contributed by atoms with E-state index in [1.807, 2.05) is 12.1 Å². The number of hydrogen-bond acceptors (Lipinski definition) is 3. The highest BCUT2D eigenvalue weighted by molar-refractivity contribution is 5.94. The molecule has 0 bridgehead atoms. The van der Waals surface area contributed by atoms with Crippen molar-refractivity contribution in [3.63, 3.8) is 0 Å². The molecule has 1 aromatic rings. The molecule has 0 spiro atoms. The van der Waals surface area contributed by atoms with Crippen molar-refractivity contribution >= 4 is 5.91 Å². The maximum absolute atomic E-state index is 11.8. The molecular formula is C14H20N2O2. The highest BCUT2D eigenvalue weighted by atomic mass is 16.5. The van der Waals surface area contributed by atoms with E-state index in [2.05, 4.69) is 5.32 Å². The van der Waals surface area contributed by atoms with Gasteiger partial charge in [0.1, 0.15) is 0 Å². The van der Waals surface area contributed by atoms with Crippen LogP contribution in [0.2, 0.25) is 0 Å². The van der Waals surface area contributed by atoms with Crippen molar-refractivity contribution in [3.05, 3.63) is 35.4 Å². The van der Waals surface area contributed by atoms with Gasteiger partial charge < -0.3 is 15.8 Å². The molecule has 0 saturated heterocycles. The Morgan fingerprint density at radius 1 is 1.33 bits per heavy atom. The van der Waals surface area contributed by atoms with Gasteiger partial charge in [-0.15, -0.1) is 0 Å². The first-order valence-corrected chi connectivity index (χ1v) is 6.44. The van der Waals surface area contributed by atoms with E-state index in [4.69, 9.17) is 10.5 Å². The molecule has 4 nitrogen and oxygen atoms in total. The van der Waals surface area contributed by atoms with E-state index in [9.17, 15) is 4.79 Å². The van der Waals surface area contributed by atoms with E-state index in [1.165, 1.54) is 12.8 Å². The Morgan fingerprint density at radius 2 is 2.06 bits per heavy atom. The van der Waals surface area contributed by atoms with E-state index in [-0.39, 0.29) is 5.91 Å². The lowest BCUT2D eigenvalue weighted by Crippen LogP contribution is -2.27. The van der Waals surface area contributed by atoms with Gasteiger partial charge in [0.15, 0.2) is 0 Å². The minimum atomic E-state index is -0.0615. The standard InChI is InChI=1S/C14H20N2O2/c15-9-11-3-5-13(6-4-11)14(17)16-7-8-18-10-12-1-2-12/h3-6,12H,1-2,7-10,15H2,(H,16,17). The molecule has 2 rings (SSSR count). The molecule has 98 valence electrons. The molecule has 0 heterocycles. The third-order valence-corrected chi connectivity index (χ3v) is 3.03. The molecule has 0 unspecified atom stereocenters. The average Bonchev–Trinajstić information content (AvgIpc) is 3.22. The average molecular weight is 248 g/mol. The quantitative estimate of drug-likeness (QED) is 0.715. The molecule has 1 saturated carbocycles. The number of carbonyl (C=O) groups excluding carboxylic acids is 1. The largest absolute Gasteiger partial charge is 0.379 e. The van der Waals surface area contributed by atoms with Gasteiger partial charge in [-0.05, 0) is 36.5 Å². The number of rotatable bonds is 7. The van der Waals surface area contributed by atoms with E-state index >= 15 is 0 Å². The summed E-state index contributed by atoms with van der Waals surface area (Å²) < 4.78 is 5.45. The summed E-state index contributed by atoms with van der Waals surface area (Å²) in [6, 6.07) is 7.34. The maximum atomic E-state index is 11.8. The Kier molecular flexibility index (Phi) is 4.73. The lowest BCUT2D eigenvalue weighted by atomic mass is 10.1. The van der Waals surface area contributed by atoms with E-state index in [0.717, 1.165) is 18.1 Å². The SMILES string of the molecule is NCc1ccc(C(=O)NCCOCC2CC2)cc1. The number of benzene rings is 1. The molecule has 0 aromatic heterocycles. The molecule has 3 N–H and O–H groups in total. The van der Waals surface area contributed by atoms with Crippen molar-refractivity contribution < 1.29 is 9.53 Å². The first-order valence-electron chi connectivity index (χ1n) is 6.44. The van der Waals surface area contributed by atoms with Gasteiger partial charge in [-0.2, -0.15) is 0 Å². The van der Waals surface area contributed by atoms with Crippen LogP contribution in [0.4, 0.5) is 0 Å². The molecule has 4 heteroatoms. The fourth-order valence-electron chi connectivity index (χ4n) is 1.67. The predicted molar refractivity (Wildman–Crippen MR) is 70.2 cm³/mol. The minimum absolute atomic E-state index is 0.0615. The second-order valence-corrected chi connectivity index (χ2v) is 4.68. The molecule has 0 aliphatic heterocycles. The molecule has 1 fully saturated rings. The second-order valence-electron chi connectivity index (χ2n) is 4.68. The van der Waals surface area contributed by atoms with Gasteiger partial charge in [0.25, 0.3) is 5.91 Å². The van der Waals surface area contributed by atoms with Crippen molar-refractivity contribution in [1.82, 2.24) is 5.32 Å². The van der Waals surface area contributed by atoms with Crippen LogP contribution in [0.1, 0.15) is 28.8 Å². The van der Waals surface area contributed by atoms with Gasteiger partial charge in [-0.25, -0.2) is 0 Å². The summed E-state index contributed by atoms with van der Waals surface area (Å²) in [6.45, 7) is 2.48. The van der Waals surface area contributed by atoms with Crippen molar-refractivity contribution in [2.45, 2.75) is 19.4 Å². The van der Waals surface area contributed by atoms with E-state index in [1.54, 1.807) is 12.1 Å². The van der Waals surface area contributed by atoms with Crippen LogP contribution in [0.15, 0.2) is 24.3 Å². The van der Waals surface area contributed by atoms with E-state index < -0.39 is 0 Å². The fraction of sp³-hybridized carbons (Fsp3) is 0.500. The van der Waals surface area contributed by atoms with Gasteiger partial charge in [-0.3, -0.25) is 4.79 Å². The molecule has 0 atom stereocenters. The number of ether oxygens (including phenoxy) is 1. The van der Waals surface area contributed by atoms with Gasteiger partial charge in [0.05, 0.1) is 6.61 Å². The first kappa shape index (κ1) is 13.1. The van der Waals surface area contributed by atoms with Crippen LogP contribution in [-0.2, 0) is 11.3 Å². The summed E-state index contributed by atoms with van der Waals surface area (Å²) in [7, 11) is 0. The number of carbonyl (C=O) groups is 1. The third kappa shape index (κ3) is 4.13. The lowest BCUT2D eigenvalue weighted by molar-refractivity contribution is 0.0906. The Balaban J connectivity index is 1.65. The van der Waals surface area contributed by atoms with Crippen LogP contribution in [0.3, 0.4) is 0 Å². The Hall–Kier alpha value is -1.39. The van der Waals surface area contributed by atoms with Crippen molar-refractivity contribution in [2.75, 3.05) is 19.8 Å². The molecule has 1 aliphatic carbocycles. The van der Waals surface area contributed by atoms with Crippen LogP contribution < -0.4 is 11.1 Å². The number of amides is 1. The van der Waals surface area contributed by atoms with Gasteiger partial charge in [0.2, 0.25) is 0 Å². The minimum Gasteiger partial charge on any atom is -0.379 e. The van der Waals surface area contributed by atoms with Gasteiger partial charge in [-0.1, -0.05) is 12.1 Å². The number of nitrogens with one attached hydrogen (secondary N) is 1. The van der Waals surface area contributed by atoms with Gasteiger partial charge in [0, 0.05) is 25.3 Å². The highest BCUT2D eigenvalue weighted by Crippen LogP contribution is 2.28. The summed E-state index contributed by atoms with van der Waals surface area (Å²) in [6.07, 6.45) is 2.58. The molecule has 0 radical (unpaired) electrons. The zero-order valence-electron chi connectivity index (χ0n) is 10.5. The van der Waals surface area contributed by atoms with Gasteiger partial charge >= 0.3 is 0 Å². The van der Waals surface area contributed by atoms with Crippen LogP contribution in [0, 0.1) is 5.92 Å². The van der Waals surface area contributed by atoms with Crippen LogP contribution in [-0.4, -0.2) is 25.7 Å². The third-order valence-electron chi connectivity index (χ3n) is 3.03. The van der Waals surface area contributed by atoms with Crippen LogP contribution in [0.25, 0.3) is 0 Å². The summed E-state index contributed by atoms with van der Waals surface area (Å²) >= 11 is 0. The Morgan fingerprint density at radius 3 is 2.67 bits per heavy atom. The highest BCUT2D eigenvalue weighted by Gasteiger charge is 2.20. The van der Waals surface area contributed by atoms with E-state index in [0.29, 0.717) is 25.3 Å². The molecule has 18 heavy (non-hydrogen) atoms. The molecular weight excluding hydrogens is 228 g/mol. The summed E-state index contributed by atoms with van der Waals surface area (Å²) in [5.41, 5.74) is 7.19. The topological polar surface area (TPSA) is 64.4 Å². The van der Waals surface area contributed by atoms with Crippen LogP contribution >= 0.6 is 0 Å². The lowest BCUT2D eigenvalue weighted by Gasteiger charge is -2.06. The smallest absolute Gasteiger partial charge is 0.251 e. The molecule has 1 aliphatic rings. The Labute approximate surface area is 108 Å². The van der Waals surface area contributed by atoms with Crippen molar-refractivity contribution in [1.29, 1.82) is 0 Å². The second kappa shape index (κ2) is 6.52. The van der Waals surface area contributed by atoms with Crippen molar-refractivity contribution in [2.24, 2.45) is 11.7 Å². The molecule has 1 aromatic carbocycles. The number of hydrogen-bond donors (Lipinski definition) is 2.